The zero-order chi connectivity index (χ0) is 19.9. The number of esters is 1. The lowest BCUT2D eigenvalue weighted by Crippen LogP contribution is -2.07. The highest BCUT2D eigenvalue weighted by molar-refractivity contribution is 6.13. The van der Waals surface area contributed by atoms with Crippen LogP contribution in [0.4, 0.5) is 0 Å². The Bertz CT molecular complexity index is 917. The van der Waals surface area contributed by atoms with E-state index in [1.807, 2.05) is 50.2 Å². The molecule has 0 aromatic heterocycles. The van der Waals surface area contributed by atoms with Gasteiger partial charge in [-0.3, -0.25) is 0 Å². The van der Waals surface area contributed by atoms with Crippen LogP contribution < -0.4 is 14.2 Å². The smallest absolute Gasteiger partial charge is 0.363 e. The van der Waals surface area contributed by atoms with E-state index in [1.54, 1.807) is 19.3 Å². The first-order valence-electron chi connectivity index (χ1n) is 9.21. The van der Waals surface area contributed by atoms with E-state index >= 15 is 0 Å². The van der Waals surface area contributed by atoms with E-state index in [9.17, 15) is 4.79 Å². The molecule has 28 heavy (non-hydrogen) atoms. The van der Waals surface area contributed by atoms with Crippen LogP contribution in [0.3, 0.4) is 0 Å². The molecule has 0 amide bonds. The molecule has 6 heteroatoms. The third kappa shape index (κ3) is 4.34. The predicted octanol–water partition coefficient (Wildman–Crippen LogP) is 4.23. The Kier molecular flexibility index (Phi) is 6.32. The average Bonchev–Trinajstić information content (AvgIpc) is 3.07. The van der Waals surface area contributed by atoms with E-state index in [0.29, 0.717) is 36.0 Å². The summed E-state index contributed by atoms with van der Waals surface area (Å²) in [4.78, 5) is 16.7. The van der Waals surface area contributed by atoms with E-state index in [1.165, 1.54) is 0 Å². The molecule has 0 saturated carbocycles. The Morgan fingerprint density at radius 2 is 1.86 bits per heavy atom. The number of aliphatic imine (C=N–C) groups is 1. The van der Waals surface area contributed by atoms with Crippen LogP contribution in [0.5, 0.6) is 17.2 Å². The van der Waals surface area contributed by atoms with Crippen LogP contribution in [0.15, 0.2) is 53.2 Å². The standard InChI is InChI=1S/C22H23NO5/c1-4-12-27-19-11-10-15(14-20(19)25-3)13-17-22(24)28-21(23-17)16-8-6-7-9-18(16)26-5-2/h6-11,13-14H,4-5,12H2,1-3H3/b17-13+. The van der Waals surface area contributed by atoms with Crippen molar-refractivity contribution < 1.29 is 23.7 Å². The van der Waals surface area contributed by atoms with Crippen LogP contribution in [0.25, 0.3) is 6.08 Å². The Balaban J connectivity index is 1.89. The summed E-state index contributed by atoms with van der Waals surface area (Å²) in [6.45, 7) is 5.05. The first-order valence-corrected chi connectivity index (χ1v) is 9.21. The lowest BCUT2D eigenvalue weighted by Gasteiger charge is -2.10. The van der Waals surface area contributed by atoms with Gasteiger partial charge in [-0.2, -0.15) is 0 Å². The zero-order valence-electron chi connectivity index (χ0n) is 16.2. The van der Waals surface area contributed by atoms with Gasteiger partial charge < -0.3 is 18.9 Å². The van der Waals surface area contributed by atoms with Gasteiger partial charge in [-0.05, 0) is 49.2 Å². The van der Waals surface area contributed by atoms with Crippen LogP contribution in [0.2, 0.25) is 0 Å². The summed E-state index contributed by atoms with van der Waals surface area (Å²) < 4.78 is 22.0. The van der Waals surface area contributed by atoms with Crippen LogP contribution >= 0.6 is 0 Å². The quantitative estimate of drug-likeness (QED) is 0.506. The normalized spacial score (nSPS) is 14.6. The van der Waals surface area contributed by atoms with Gasteiger partial charge >= 0.3 is 5.97 Å². The molecular formula is C22H23NO5. The highest BCUT2D eigenvalue weighted by atomic mass is 16.6. The minimum Gasteiger partial charge on any atom is -0.493 e. The van der Waals surface area contributed by atoms with Crippen molar-refractivity contribution in [1.29, 1.82) is 0 Å². The Morgan fingerprint density at radius 3 is 2.61 bits per heavy atom. The Hall–Kier alpha value is -3.28. The summed E-state index contributed by atoms with van der Waals surface area (Å²) in [6, 6.07) is 12.8. The number of rotatable bonds is 8. The molecule has 1 aliphatic heterocycles. The number of cyclic esters (lactones) is 1. The van der Waals surface area contributed by atoms with E-state index in [0.717, 1.165) is 12.0 Å². The minimum atomic E-state index is -0.508. The second kappa shape index (κ2) is 9.08. The van der Waals surface area contributed by atoms with Gasteiger partial charge in [-0.15, -0.1) is 0 Å². The number of carbonyl (C=O) groups is 1. The van der Waals surface area contributed by atoms with Crippen molar-refractivity contribution in [3.05, 3.63) is 59.3 Å². The Morgan fingerprint density at radius 1 is 1.04 bits per heavy atom. The number of benzene rings is 2. The van der Waals surface area contributed by atoms with Crippen molar-refractivity contribution >= 4 is 17.9 Å². The molecule has 0 bridgehead atoms. The molecular weight excluding hydrogens is 358 g/mol. The van der Waals surface area contributed by atoms with E-state index in [-0.39, 0.29) is 11.6 Å². The van der Waals surface area contributed by atoms with Crippen LogP contribution in [0, 0.1) is 0 Å². The number of methoxy groups -OCH3 is 1. The van der Waals surface area contributed by atoms with E-state index in [4.69, 9.17) is 18.9 Å². The molecule has 2 aromatic carbocycles. The van der Waals surface area contributed by atoms with Gasteiger partial charge in [0.05, 0.1) is 25.9 Å². The third-order valence-corrected chi connectivity index (χ3v) is 3.99. The van der Waals surface area contributed by atoms with Crippen LogP contribution in [-0.4, -0.2) is 32.2 Å². The van der Waals surface area contributed by atoms with Crippen molar-refractivity contribution in [3.8, 4) is 17.2 Å². The fourth-order valence-electron chi connectivity index (χ4n) is 2.71. The van der Waals surface area contributed by atoms with Gasteiger partial charge in [0.15, 0.2) is 17.2 Å². The van der Waals surface area contributed by atoms with E-state index in [2.05, 4.69) is 4.99 Å². The van der Waals surface area contributed by atoms with Crippen molar-refractivity contribution in [3.63, 3.8) is 0 Å². The largest absolute Gasteiger partial charge is 0.493 e. The summed E-state index contributed by atoms with van der Waals surface area (Å²) in [5.74, 6) is 1.61. The van der Waals surface area contributed by atoms with Gasteiger partial charge in [-0.25, -0.2) is 9.79 Å². The van der Waals surface area contributed by atoms with Gasteiger partial charge in [0.25, 0.3) is 0 Å². The lowest BCUT2D eigenvalue weighted by molar-refractivity contribution is -0.129. The van der Waals surface area contributed by atoms with Crippen molar-refractivity contribution in [2.24, 2.45) is 4.99 Å². The monoisotopic (exact) mass is 381 g/mol. The topological polar surface area (TPSA) is 66.3 Å². The third-order valence-electron chi connectivity index (χ3n) is 3.99. The maximum Gasteiger partial charge on any atom is 0.363 e. The van der Waals surface area contributed by atoms with Gasteiger partial charge in [0.2, 0.25) is 5.90 Å². The summed E-state index contributed by atoms with van der Waals surface area (Å²) in [5, 5.41) is 0. The molecule has 3 rings (SSSR count). The number of hydrogen-bond acceptors (Lipinski definition) is 6. The fourth-order valence-corrected chi connectivity index (χ4v) is 2.71. The molecule has 0 saturated heterocycles. The minimum absolute atomic E-state index is 0.214. The second-order valence-electron chi connectivity index (χ2n) is 6.02. The molecule has 146 valence electrons. The summed E-state index contributed by atoms with van der Waals surface area (Å²) in [6.07, 6.45) is 2.56. The highest BCUT2D eigenvalue weighted by Gasteiger charge is 2.26. The molecule has 0 radical (unpaired) electrons. The number of ether oxygens (including phenoxy) is 4. The average molecular weight is 381 g/mol. The predicted molar refractivity (Wildman–Crippen MR) is 107 cm³/mol. The van der Waals surface area contributed by atoms with Gasteiger partial charge in [-0.1, -0.05) is 25.1 Å². The molecule has 0 N–H and O–H groups in total. The SMILES string of the molecule is CCCOc1ccc(/C=C2/N=C(c3ccccc3OCC)OC2=O)cc1OC. The number of hydrogen-bond donors (Lipinski definition) is 0. The lowest BCUT2D eigenvalue weighted by atomic mass is 10.1. The molecule has 1 heterocycles. The van der Waals surface area contributed by atoms with Gasteiger partial charge in [0.1, 0.15) is 5.75 Å². The van der Waals surface area contributed by atoms with Crippen molar-refractivity contribution in [1.82, 2.24) is 0 Å². The summed E-state index contributed by atoms with van der Waals surface area (Å²) in [5.41, 5.74) is 1.61. The van der Waals surface area contributed by atoms with Crippen molar-refractivity contribution in [2.75, 3.05) is 20.3 Å². The molecule has 0 fully saturated rings. The molecule has 0 aliphatic carbocycles. The fraction of sp³-hybridized carbons (Fsp3) is 0.273. The van der Waals surface area contributed by atoms with Crippen LogP contribution in [0.1, 0.15) is 31.4 Å². The maximum absolute atomic E-state index is 12.3. The second-order valence-corrected chi connectivity index (χ2v) is 6.02. The molecule has 1 aliphatic rings. The maximum atomic E-state index is 12.3. The molecule has 0 atom stereocenters. The first-order chi connectivity index (χ1) is 13.7. The summed E-state index contributed by atoms with van der Waals surface area (Å²) >= 11 is 0. The Labute approximate surface area is 164 Å². The number of nitrogens with zero attached hydrogens (tertiary/aromatic N) is 1. The highest BCUT2D eigenvalue weighted by Crippen LogP contribution is 2.30. The van der Waals surface area contributed by atoms with Gasteiger partial charge in [0, 0.05) is 0 Å². The molecule has 0 unspecified atom stereocenters. The number of carbonyl (C=O) groups excluding carboxylic acids is 1. The summed E-state index contributed by atoms with van der Waals surface area (Å²) in [7, 11) is 1.58. The van der Waals surface area contributed by atoms with Crippen LogP contribution in [-0.2, 0) is 9.53 Å². The molecule has 0 spiro atoms. The zero-order valence-corrected chi connectivity index (χ0v) is 16.2. The number of para-hydroxylation sites is 1. The van der Waals surface area contributed by atoms with E-state index < -0.39 is 5.97 Å². The molecule has 6 nitrogen and oxygen atoms in total. The first kappa shape index (κ1) is 19.5. The van der Waals surface area contributed by atoms with Crippen molar-refractivity contribution in [2.45, 2.75) is 20.3 Å². The molecule has 2 aromatic rings.